The molecule has 1 saturated heterocycles. The highest BCUT2D eigenvalue weighted by Crippen LogP contribution is 2.28. The van der Waals surface area contributed by atoms with Gasteiger partial charge in [-0.15, -0.1) is 0 Å². The van der Waals surface area contributed by atoms with E-state index in [9.17, 15) is 9.18 Å². The van der Waals surface area contributed by atoms with Gasteiger partial charge < -0.3 is 14.5 Å². The van der Waals surface area contributed by atoms with Crippen molar-refractivity contribution in [2.45, 2.75) is 6.92 Å². The van der Waals surface area contributed by atoms with Gasteiger partial charge in [0.2, 0.25) is 0 Å². The number of amidine groups is 1. The molecule has 0 N–H and O–H groups in total. The Balaban J connectivity index is 1.77. The van der Waals surface area contributed by atoms with Gasteiger partial charge in [-0.2, -0.15) is 3.21 Å². The Kier molecular flexibility index (Phi) is 6.71. The van der Waals surface area contributed by atoms with E-state index in [1.165, 1.54) is 26.3 Å². The smallest absolute Gasteiger partial charge is 0.161 e. The van der Waals surface area contributed by atoms with Crippen molar-refractivity contribution >= 4 is 51.9 Å². The first-order valence-corrected chi connectivity index (χ1v) is 9.98. The number of ketones is 1. The number of piperazine rings is 1. The van der Waals surface area contributed by atoms with Gasteiger partial charge in [-0.05, 0) is 25.1 Å². The van der Waals surface area contributed by atoms with Crippen LogP contribution in [0.25, 0.3) is 0 Å². The first kappa shape index (κ1) is 20.8. The second-order valence-electron chi connectivity index (χ2n) is 6.28. The van der Waals surface area contributed by atoms with Crippen molar-refractivity contribution in [1.82, 2.24) is 9.88 Å². The number of nitrogens with zero attached hydrogens (tertiary/aromatic N) is 4. The minimum atomic E-state index is -0.373. The van der Waals surface area contributed by atoms with E-state index in [4.69, 9.17) is 16.3 Å². The van der Waals surface area contributed by atoms with E-state index < -0.39 is 0 Å². The fourth-order valence-corrected chi connectivity index (χ4v) is 3.96. The minimum absolute atomic E-state index is 0.0764. The van der Waals surface area contributed by atoms with Crippen LogP contribution < -0.4 is 9.64 Å². The van der Waals surface area contributed by atoms with Crippen LogP contribution in [0, 0.1) is 5.82 Å². The summed E-state index contributed by atoms with van der Waals surface area (Å²) in [5.74, 6) is 1.18. The summed E-state index contributed by atoms with van der Waals surface area (Å²) in [6.07, 6.45) is 1.54. The third-order valence-electron chi connectivity index (χ3n) is 4.61. The number of hydrogen-bond donors (Lipinski definition) is 0. The van der Waals surface area contributed by atoms with Crippen LogP contribution in [0.4, 0.5) is 10.2 Å². The molecule has 1 aromatic heterocycles. The van der Waals surface area contributed by atoms with Gasteiger partial charge in [0.05, 0.1) is 40.6 Å². The first-order valence-electron chi connectivity index (χ1n) is 8.64. The number of methoxy groups -OCH3 is 1. The predicted octanol–water partition coefficient (Wildman–Crippen LogP) is 4.00. The molecule has 28 heavy (non-hydrogen) atoms. The molecular formula is C19H19ClFIN4O2. The van der Waals surface area contributed by atoms with Crippen LogP contribution in [0.1, 0.15) is 22.8 Å². The molecule has 6 nitrogen and oxygen atoms in total. The third kappa shape index (κ3) is 4.22. The molecule has 1 aliphatic rings. The van der Waals surface area contributed by atoms with E-state index >= 15 is 0 Å². The second-order valence-corrected chi connectivity index (χ2v) is 7.17. The summed E-state index contributed by atoms with van der Waals surface area (Å²) >= 11 is 8.21. The summed E-state index contributed by atoms with van der Waals surface area (Å²) in [5, 5.41) is 0.444. The molecule has 1 fully saturated rings. The number of carbonyl (C=O) groups excluding carboxylic acids is 1. The summed E-state index contributed by atoms with van der Waals surface area (Å²) in [6.45, 7) is 3.99. The molecular weight excluding hydrogens is 498 g/mol. The third-order valence-corrected chi connectivity index (χ3v) is 5.34. The van der Waals surface area contributed by atoms with Crippen molar-refractivity contribution in [3.8, 4) is 5.75 Å². The Morgan fingerprint density at radius 1 is 1.32 bits per heavy atom. The lowest BCUT2D eigenvalue weighted by Crippen LogP contribution is -2.49. The molecule has 0 spiro atoms. The van der Waals surface area contributed by atoms with Gasteiger partial charge in [-0.3, -0.25) is 4.79 Å². The topological polar surface area (TPSA) is 58.0 Å². The van der Waals surface area contributed by atoms with Crippen LogP contribution in [-0.4, -0.2) is 54.8 Å². The molecule has 1 aromatic carbocycles. The molecule has 0 radical (unpaired) electrons. The van der Waals surface area contributed by atoms with Gasteiger partial charge in [-0.25, -0.2) is 9.37 Å². The fourth-order valence-electron chi connectivity index (χ4n) is 3.13. The second kappa shape index (κ2) is 9.04. The zero-order chi connectivity index (χ0) is 20.3. The zero-order valence-corrected chi connectivity index (χ0v) is 18.4. The summed E-state index contributed by atoms with van der Waals surface area (Å²) in [7, 11) is 1.51. The van der Waals surface area contributed by atoms with E-state index in [0.717, 1.165) is 0 Å². The maximum Gasteiger partial charge on any atom is 0.161 e. The van der Waals surface area contributed by atoms with Crippen LogP contribution in [0.15, 0.2) is 33.7 Å². The van der Waals surface area contributed by atoms with E-state index in [0.29, 0.717) is 59.7 Å². The van der Waals surface area contributed by atoms with E-state index in [1.807, 2.05) is 32.7 Å². The Bertz CT molecular complexity index is 917. The zero-order valence-electron chi connectivity index (χ0n) is 15.5. The van der Waals surface area contributed by atoms with Crippen molar-refractivity contribution in [3.63, 3.8) is 0 Å². The van der Waals surface area contributed by atoms with E-state index in [2.05, 4.69) is 8.19 Å². The number of carbonyl (C=O) groups is 1. The van der Waals surface area contributed by atoms with Gasteiger partial charge in [-0.1, -0.05) is 17.7 Å². The quantitative estimate of drug-likeness (QED) is 0.266. The molecule has 0 amide bonds. The molecule has 9 heteroatoms. The number of hydrogen-bond acceptors (Lipinski definition) is 5. The number of halogens is 3. The number of pyridine rings is 1. The molecule has 1 aliphatic heterocycles. The van der Waals surface area contributed by atoms with Gasteiger partial charge in [0.25, 0.3) is 0 Å². The molecule has 148 valence electrons. The van der Waals surface area contributed by atoms with Crippen LogP contribution in [0.5, 0.6) is 5.75 Å². The van der Waals surface area contributed by atoms with Crippen LogP contribution in [0.2, 0.25) is 5.02 Å². The molecule has 2 heterocycles. The van der Waals surface area contributed by atoms with Crippen LogP contribution in [0.3, 0.4) is 0 Å². The lowest BCUT2D eigenvalue weighted by Gasteiger charge is -2.37. The summed E-state index contributed by atoms with van der Waals surface area (Å²) < 4.78 is 24.1. The normalized spacial score (nSPS) is 15.0. The molecule has 0 saturated carbocycles. The molecule has 2 aromatic rings. The van der Waals surface area contributed by atoms with Crippen molar-refractivity contribution < 1.29 is 13.9 Å². The molecule has 0 aliphatic carbocycles. The lowest BCUT2D eigenvalue weighted by atomic mass is 10.1. The SMILES string of the molecule is COc1cccc(F)c1/C(=N/I)N1CCN(c2ncc(C(C)=O)cc2Cl)CC1. The van der Waals surface area contributed by atoms with Gasteiger partial charge in [0.15, 0.2) is 5.78 Å². The van der Waals surface area contributed by atoms with Crippen molar-refractivity contribution in [2.75, 3.05) is 38.2 Å². The standard InChI is InChI=1S/C19H19ClFIN4O2/c1-12(27)13-10-14(20)18(23-11-13)25-6-8-26(9-7-25)19(24-22)17-15(21)4-3-5-16(17)28-2/h3-5,10-11H,6-9H2,1-2H3/b24-19-. The number of rotatable bonds is 4. The highest BCUT2D eigenvalue weighted by atomic mass is 127. The molecule has 0 atom stereocenters. The monoisotopic (exact) mass is 516 g/mol. The minimum Gasteiger partial charge on any atom is -0.496 e. The number of ether oxygens (including phenoxy) is 1. The summed E-state index contributed by atoms with van der Waals surface area (Å²) in [4.78, 5) is 19.9. The maximum absolute atomic E-state index is 14.5. The van der Waals surface area contributed by atoms with Crippen molar-refractivity contribution in [2.24, 2.45) is 3.21 Å². The average molecular weight is 517 g/mol. The first-order chi connectivity index (χ1) is 13.5. The fraction of sp³-hybridized carbons (Fsp3) is 0.316. The number of aromatic nitrogens is 1. The number of Topliss-reactive ketones (excluding diaryl/α,β-unsaturated/α-hetero) is 1. The van der Waals surface area contributed by atoms with Gasteiger partial charge >= 0.3 is 0 Å². The maximum atomic E-state index is 14.5. The van der Waals surface area contributed by atoms with E-state index in [1.54, 1.807) is 18.2 Å². The average Bonchev–Trinajstić information content (AvgIpc) is 2.70. The number of anilines is 1. The van der Waals surface area contributed by atoms with Crippen LogP contribution in [-0.2, 0) is 0 Å². The van der Waals surface area contributed by atoms with Gasteiger partial charge in [0, 0.05) is 37.9 Å². The Morgan fingerprint density at radius 2 is 2.04 bits per heavy atom. The van der Waals surface area contributed by atoms with Crippen LogP contribution >= 0.6 is 34.5 Å². The molecule has 0 bridgehead atoms. The van der Waals surface area contributed by atoms with Gasteiger partial charge in [0.1, 0.15) is 23.2 Å². The van der Waals surface area contributed by atoms with Crippen molar-refractivity contribution in [1.29, 1.82) is 0 Å². The summed E-state index contributed by atoms with van der Waals surface area (Å²) in [5.41, 5.74) is 0.841. The predicted molar refractivity (Wildman–Crippen MR) is 117 cm³/mol. The molecule has 0 unspecified atom stereocenters. The van der Waals surface area contributed by atoms with Crippen molar-refractivity contribution in [3.05, 3.63) is 52.4 Å². The highest BCUT2D eigenvalue weighted by Gasteiger charge is 2.26. The molecule has 3 rings (SSSR count). The Morgan fingerprint density at radius 3 is 2.61 bits per heavy atom. The Labute approximate surface area is 181 Å². The largest absolute Gasteiger partial charge is 0.496 e. The highest BCUT2D eigenvalue weighted by molar-refractivity contribution is 14.1. The number of benzene rings is 1. The lowest BCUT2D eigenvalue weighted by molar-refractivity contribution is 0.101. The Hall–Kier alpha value is -1.94. The summed E-state index contributed by atoms with van der Waals surface area (Å²) in [6, 6.07) is 6.37. The van der Waals surface area contributed by atoms with E-state index in [-0.39, 0.29) is 11.6 Å².